The molecule has 5 heteroatoms. The van der Waals surface area contributed by atoms with Gasteiger partial charge in [0.1, 0.15) is 5.54 Å². The highest BCUT2D eigenvalue weighted by Gasteiger charge is 2.70. The number of thiophene rings is 1. The van der Waals surface area contributed by atoms with Crippen LogP contribution in [0.5, 0.6) is 0 Å². The molecule has 116 valence electrons. The van der Waals surface area contributed by atoms with Gasteiger partial charge in [-0.1, -0.05) is 13.8 Å². The highest BCUT2D eigenvalue weighted by Crippen LogP contribution is 2.57. The normalized spacial score (nSPS) is 33.9. The highest BCUT2D eigenvalue weighted by atomic mass is 32.1. The topological polar surface area (TPSA) is 64.3 Å². The van der Waals surface area contributed by atoms with Gasteiger partial charge in [-0.25, -0.2) is 0 Å². The van der Waals surface area contributed by atoms with Gasteiger partial charge in [0.2, 0.25) is 5.91 Å². The monoisotopic (exact) mass is 308 g/mol. The molecule has 1 amide bonds. The van der Waals surface area contributed by atoms with E-state index < -0.39 is 5.54 Å². The molecule has 1 aliphatic carbocycles. The van der Waals surface area contributed by atoms with Gasteiger partial charge in [0.25, 0.3) is 0 Å². The van der Waals surface area contributed by atoms with Gasteiger partial charge in [-0.15, -0.1) is 0 Å². The number of amides is 1. The second-order valence-corrected chi connectivity index (χ2v) is 7.55. The molecule has 3 N–H and O–H groups in total. The predicted molar refractivity (Wildman–Crippen MR) is 84.2 cm³/mol. The zero-order valence-electron chi connectivity index (χ0n) is 12.7. The van der Waals surface area contributed by atoms with Crippen molar-refractivity contribution < 1.29 is 9.53 Å². The van der Waals surface area contributed by atoms with Crippen molar-refractivity contribution in [1.29, 1.82) is 0 Å². The molecule has 0 radical (unpaired) electrons. The van der Waals surface area contributed by atoms with Crippen molar-refractivity contribution in [1.82, 2.24) is 5.32 Å². The number of ether oxygens (including phenoxy) is 1. The summed E-state index contributed by atoms with van der Waals surface area (Å²) in [6.45, 7) is 5.54. The number of rotatable bonds is 4. The molecule has 3 unspecified atom stereocenters. The van der Waals surface area contributed by atoms with E-state index in [0.717, 1.165) is 25.9 Å². The van der Waals surface area contributed by atoms with E-state index in [-0.39, 0.29) is 23.3 Å². The Balaban J connectivity index is 1.62. The molecule has 21 heavy (non-hydrogen) atoms. The third-order valence-electron chi connectivity index (χ3n) is 5.34. The van der Waals surface area contributed by atoms with Gasteiger partial charge >= 0.3 is 0 Å². The fourth-order valence-corrected chi connectivity index (χ4v) is 4.64. The van der Waals surface area contributed by atoms with Gasteiger partial charge in [-0.05, 0) is 41.7 Å². The van der Waals surface area contributed by atoms with Gasteiger partial charge < -0.3 is 15.8 Å². The molecule has 3 rings (SSSR count). The molecule has 1 saturated heterocycles. The maximum Gasteiger partial charge on any atom is 0.241 e. The second kappa shape index (κ2) is 5.38. The Labute approximate surface area is 130 Å². The van der Waals surface area contributed by atoms with Crippen molar-refractivity contribution in [2.45, 2.75) is 44.8 Å². The van der Waals surface area contributed by atoms with Gasteiger partial charge in [-0.3, -0.25) is 4.79 Å². The van der Waals surface area contributed by atoms with Crippen molar-refractivity contribution in [3.05, 3.63) is 22.4 Å². The first-order valence-corrected chi connectivity index (χ1v) is 8.62. The van der Waals surface area contributed by atoms with Crippen LogP contribution in [0.4, 0.5) is 0 Å². The Morgan fingerprint density at radius 2 is 2.38 bits per heavy atom. The number of nitrogens with two attached hydrogens (primary N) is 1. The van der Waals surface area contributed by atoms with Crippen LogP contribution in [0.25, 0.3) is 0 Å². The smallest absolute Gasteiger partial charge is 0.241 e. The SMILES string of the molecule is CC1(C)C2OCCCC2C1(N)C(=O)NCCc1ccsc1. The van der Waals surface area contributed by atoms with Crippen LogP contribution in [0.2, 0.25) is 0 Å². The minimum atomic E-state index is -0.799. The second-order valence-electron chi connectivity index (χ2n) is 6.77. The number of hydrogen-bond donors (Lipinski definition) is 2. The summed E-state index contributed by atoms with van der Waals surface area (Å²) in [5.74, 6) is 0.136. The van der Waals surface area contributed by atoms with Gasteiger partial charge in [0, 0.05) is 24.5 Å². The number of carbonyl (C=O) groups excluding carboxylic acids is 1. The average molecular weight is 308 g/mol. The molecule has 0 spiro atoms. The predicted octanol–water partition coefficient (Wildman–Crippen LogP) is 1.94. The van der Waals surface area contributed by atoms with E-state index in [1.807, 2.05) is 0 Å². The summed E-state index contributed by atoms with van der Waals surface area (Å²) in [6.07, 6.45) is 2.97. The third-order valence-corrected chi connectivity index (χ3v) is 6.07. The van der Waals surface area contributed by atoms with Gasteiger partial charge in [0.05, 0.1) is 6.10 Å². The molecule has 1 aromatic heterocycles. The maximum atomic E-state index is 12.7. The summed E-state index contributed by atoms with van der Waals surface area (Å²) in [4.78, 5) is 12.7. The summed E-state index contributed by atoms with van der Waals surface area (Å²) in [5.41, 5.74) is 6.71. The largest absolute Gasteiger partial charge is 0.377 e. The summed E-state index contributed by atoms with van der Waals surface area (Å²) in [6, 6.07) is 2.09. The number of nitrogens with one attached hydrogen (secondary N) is 1. The van der Waals surface area contributed by atoms with E-state index in [1.165, 1.54) is 5.56 Å². The van der Waals surface area contributed by atoms with E-state index in [9.17, 15) is 4.79 Å². The van der Waals surface area contributed by atoms with Crippen molar-refractivity contribution in [3.63, 3.8) is 0 Å². The van der Waals surface area contributed by atoms with E-state index in [4.69, 9.17) is 10.5 Å². The molecule has 1 saturated carbocycles. The Hall–Kier alpha value is -0.910. The van der Waals surface area contributed by atoms with Gasteiger partial charge in [-0.2, -0.15) is 11.3 Å². The van der Waals surface area contributed by atoms with E-state index in [2.05, 4.69) is 36.0 Å². The maximum absolute atomic E-state index is 12.7. The lowest BCUT2D eigenvalue weighted by atomic mass is 9.46. The summed E-state index contributed by atoms with van der Waals surface area (Å²) < 4.78 is 5.84. The standard InChI is InChI=1S/C16H24N2O2S/c1-15(2)13-12(4-3-8-20-13)16(15,17)14(19)18-7-5-11-6-9-21-10-11/h6,9-10,12-13H,3-5,7-8,17H2,1-2H3,(H,18,19). The first kappa shape index (κ1) is 15.0. The molecule has 2 heterocycles. The van der Waals surface area contributed by atoms with E-state index in [1.54, 1.807) is 11.3 Å². The Bertz CT molecular complexity index is 514. The van der Waals surface area contributed by atoms with Crippen LogP contribution in [-0.4, -0.2) is 30.7 Å². The Morgan fingerprint density at radius 3 is 3.10 bits per heavy atom. The van der Waals surface area contributed by atoms with Crippen molar-refractivity contribution >= 4 is 17.2 Å². The number of fused-ring (bicyclic) bond motifs is 1. The van der Waals surface area contributed by atoms with E-state index >= 15 is 0 Å². The van der Waals surface area contributed by atoms with Crippen LogP contribution in [0.3, 0.4) is 0 Å². The van der Waals surface area contributed by atoms with Crippen LogP contribution in [0, 0.1) is 11.3 Å². The van der Waals surface area contributed by atoms with Crippen LogP contribution >= 0.6 is 11.3 Å². The summed E-state index contributed by atoms with van der Waals surface area (Å²) in [5, 5.41) is 7.21. The molecule has 3 atom stereocenters. The lowest BCUT2D eigenvalue weighted by Gasteiger charge is -2.65. The Kier molecular flexibility index (Phi) is 3.84. The average Bonchev–Trinajstić information content (AvgIpc) is 2.99. The number of hydrogen-bond acceptors (Lipinski definition) is 4. The third kappa shape index (κ3) is 2.22. The van der Waals surface area contributed by atoms with Crippen LogP contribution < -0.4 is 11.1 Å². The summed E-state index contributed by atoms with van der Waals surface area (Å²) >= 11 is 1.68. The lowest BCUT2D eigenvalue weighted by molar-refractivity contribution is -0.225. The molecule has 4 nitrogen and oxygen atoms in total. The number of carbonyl (C=O) groups is 1. The van der Waals surface area contributed by atoms with Crippen molar-refractivity contribution in [2.75, 3.05) is 13.2 Å². The molecule has 0 aromatic carbocycles. The fourth-order valence-electron chi connectivity index (χ4n) is 3.94. The fraction of sp³-hybridized carbons (Fsp3) is 0.688. The molecular formula is C16H24N2O2S. The van der Waals surface area contributed by atoms with Crippen molar-refractivity contribution in [3.8, 4) is 0 Å². The van der Waals surface area contributed by atoms with Crippen LogP contribution in [-0.2, 0) is 16.0 Å². The van der Waals surface area contributed by atoms with Crippen molar-refractivity contribution in [2.24, 2.45) is 17.1 Å². The van der Waals surface area contributed by atoms with Gasteiger partial charge in [0.15, 0.2) is 0 Å². The quantitative estimate of drug-likeness (QED) is 0.893. The Morgan fingerprint density at radius 1 is 1.57 bits per heavy atom. The zero-order chi connectivity index (χ0) is 15.1. The molecular weight excluding hydrogens is 284 g/mol. The zero-order valence-corrected chi connectivity index (χ0v) is 13.5. The molecule has 2 fully saturated rings. The minimum Gasteiger partial charge on any atom is -0.377 e. The summed E-state index contributed by atoms with van der Waals surface area (Å²) in [7, 11) is 0. The first-order valence-electron chi connectivity index (χ1n) is 7.68. The van der Waals surface area contributed by atoms with Crippen LogP contribution in [0.1, 0.15) is 32.3 Å². The molecule has 1 aromatic rings. The lowest BCUT2D eigenvalue weighted by Crippen LogP contribution is -2.82. The molecule has 1 aliphatic heterocycles. The molecule has 2 aliphatic rings. The highest BCUT2D eigenvalue weighted by molar-refractivity contribution is 7.07. The molecule has 0 bridgehead atoms. The van der Waals surface area contributed by atoms with E-state index in [0.29, 0.717) is 6.54 Å². The minimum absolute atomic E-state index is 0.0190. The van der Waals surface area contributed by atoms with Crippen LogP contribution in [0.15, 0.2) is 16.8 Å². The first-order chi connectivity index (χ1) is 9.98.